The third kappa shape index (κ3) is 5.24. The summed E-state index contributed by atoms with van der Waals surface area (Å²) >= 11 is 2.99. The van der Waals surface area contributed by atoms with E-state index in [4.69, 9.17) is 4.74 Å². The molecular weight excluding hydrogens is 464 g/mol. The van der Waals surface area contributed by atoms with Gasteiger partial charge in [0.05, 0.1) is 5.56 Å². The molecule has 0 unspecified atom stereocenters. The Kier molecular flexibility index (Phi) is 6.71. The van der Waals surface area contributed by atoms with Crippen molar-refractivity contribution in [2.45, 2.75) is 12.8 Å². The third-order valence-corrected chi connectivity index (χ3v) is 6.70. The molecular formula is C22H18F4N2O2S2. The molecule has 0 radical (unpaired) electrons. The minimum absolute atomic E-state index is 0.000939. The average Bonchev–Trinajstić information content (AvgIpc) is 3.27. The summed E-state index contributed by atoms with van der Waals surface area (Å²) in [5, 5.41) is 2.03. The number of aromatic nitrogens is 1. The highest BCUT2D eigenvalue weighted by atomic mass is 32.2. The first-order valence-corrected chi connectivity index (χ1v) is 11.8. The standard InChI is InChI=1S/C22H18F4N2O2S2/c23-18-11-16(30-12-14-1-3-15(4-2-14)22(24,25)26)5-6-17(18)20-27-19(13-32-20)21(29)28-7-9-31-10-8-28/h1-6,11,13H,7-10,12H2. The van der Waals surface area contributed by atoms with E-state index in [1.807, 2.05) is 0 Å². The molecule has 1 amide bonds. The quantitative estimate of drug-likeness (QED) is 0.435. The number of benzene rings is 2. The Hall–Kier alpha value is -2.59. The summed E-state index contributed by atoms with van der Waals surface area (Å²) in [4.78, 5) is 18.6. The molecule has 0 saturated carbocycles. The van der Waals surface area contributed by atoms with Crippen LogP contribution in [0.2, 0.25) is 0 Å². The van der Waals surface area contributed by atoms with Crippen molar-refractivity contribution in [3.8, 4) is 16.3 Å². The van der Waals surface area contributed by atoms with Crippen molar-refractivity contribution in [2.75, 3.05) is 24.6 Å². The van der Waals surface area contributed by atoms with Gasteiger partial charge in [-0.25, -0.2) is 9.37 Å². The van der Waals surface area contributed by atoms with E-state index in [-0.39, 0.29) is 23.8 Å². The van der Waals surface area contributed by atoms with Crippen LogP contribution in [0.5, 0.6) is 5.75 Å². The van der Waals surface area contributed by atoms with Gasteiger partial charge in [-0.2, -0.15) is 24.9 Å². The van der Waals surface area contributed by atoms with Crippen molar-refractivity contribution >= 4 is 29.0 Å². The molecule has 168 valence electrons. The van der Waals surface area contributed by atoms with Crippen molar-refractivity contribution < 1.29 is 27.1 Å². The predicted octanol–water partition coefficient (Wildman–Crippen LogP) is 5.74. The summed E-state index contributed by atoms with van der Waals surface area (Å²) in [7, 11) is 0. The van der Waals surface area contributed by atoms with E-state index >= 15 is 0 Å². The summed E-state index contributed by atoms with van der Waals surface area (Å²) in [6, 6.07) is 8.88. The smallest absolute Gasteiger partial charge is 0.416 e. The van der Waals surface area contributed by atoms with Crippen molar-refractivity contribution in [1.29, 1.82) is 0 Å². The topological polar surface area (TPSA) is 42.4 Å². The first-order valence-electron chi connectivity index (χ1n) is 9.72. The Bertz CT molecular complexity index is 1090. The first-order chi connectivity index (χ1) is 15.3. The summed E-state index contributed by atoms with van der Waals surface area (Å²) in [6.07, 6.45) is -4.40. The minimum atomic E-state index is -4.40. The molecule has 1 saturated heterocycles. The lowest BCUT2D eigenvalue weighted by Crippen LogP contribution is -2.38. The largest absolute Gasteiger partial charge is 0.489 e. The zero-order valence-electron chi connectivity index (χ0n) is 16.7. The van der Waals surface area contributed by atoms with Gasteiger partial charge >= 0.3 is 6.18 Å². The maximum absolute atomic E-state index is 14.7. The van der Waals surface area contributed by atoms with E-state index < -0.39 is 17.6 Å². The fourth-order valence-electron chi connectivity index (χ4n) is 3.14. The number of thioether (sulfide) groups is 1. The van der Waals surface area contributed by atoms with Crippen LogP contribution in [-0.4, -0.2) is 40.4 Å². The van der Waals surface area contributed by atoms with Gasteiger partial charge < -0.3 is 9.64 Å². The SMILES string of the molecule is O=C(c1csc(-c2ccc(OCc3ccc(C(F)(F)F)cc3)cc2F)n1)N1CCSCC1. The second-order valence-electron chi connectivity index (χ2n) is 7.07. The minimum Gasteiger partial charge on any atom is -0.489 e. The van der Waals surface area contributed by atoms with Gasteiger partial charge in [0.1, 0.15) is 28.9 Å². The summed E-state index contributed by atoms with van der Waals surface area (Å²) in [5.41, 5.74) is 0.350. The van der Waals surface area contributed by atoms with E-state index in [0.29, 0.717) is 29.4 Å². The third-order valence-electron chi connectivity index (χ3n) is 4.88. The highest BCUT2D eigenvalue weighted by Crippen LogP contribution is 2.31. The van der Waals surface area contributed by atoms with Gasteiger partial charge in [-0.15, -0.1) is 11.3 Å². The van der Waals surface area contributed by atoms with Crippen molar-refractivity contribution in [3.05, 3.63) is 70.5 Å². The highest BCUT2D eigenvalue weighted by Gasteiger charge is 2.30. The van der Waals surface area contributed by atoms with Crippen molar-refractivity contribution in [3.63, 3.8) is 0 Å². The molecule has 0 atom stereocenters. The fraction of sp³-hybridized carbons (Fsp3) is 0.273. The number of carbonyl (C=O) groups excluding carboxylic acids is 1. The van der Waals surface area contributed by atoms with Gasteiger partial charge in [0, 0.05) is 41.6 Å². The van der Waals surface area contributed by atoms with Crippen LogP contribution in [0.3, 0.4) is 0 Å². The molecule has 2 aromatic carbocycles. The highest BCUT2D eigenvalue weighted by molar-refractivity contribution is 7.99. The Labute approximate surface area is 190 Å². The molecule has 1 aliphatic rings. The number of alkyl halides is 3. The Morgan fingerprint density at radius 3 is 2.47 bits per heavy atom. The molecule has 3 aromatic rings. The molecule has 1 fully saturated rings. The number of thiazole rings is 1. The Morgan fingerprint density at radius 2 is 1.81 bits per heavy atom. The maximum atomic E-state index is 14.7. The van der Waals surface area contributed by atoms with E-state index in [0.717, 1.165) is 23.6 Å². The number of nitrogens with zero attached hydrogens (tertiary/aromatic N) is 2. The van der Waals surface area contributed by atoms with Crippen LogP contribution < -0.4 is 4.74 Å². The van der Waals surface area contributed by atoms with Crippen LogP contribution in [0, 0.1) is 5.82 Å². The molecule has 1 aliphatic heterocycles. The maximum Gasteiger partial charge on any atom is 0.416 e. The van der Waals surface area contributed by atoms with Crippen LogP contribution >= 0.6 is 23.1 Å². The number of halogens is 4. The molecule has 4 rings (SSSR count). The lowest BCUT2D eigenvalue weighted by molar-refractivity contribution is -0.137. The molecule has 4 nitrogen and oxygen atoms in total. The second-order valence-corrected chi connectivity index (χ2v) is 9.15. The van der Waals surface area contributed by atoms with Crippen LogP contribution in [-0.2, 0) is 12.8 Å². The van der Waals surface area contributed by atoms with Gasteiger partial charge in [-0.1, -0.05) is 12.1 Å². The van der Waals surface area contributed by atoms with E-state index in [1.165, 1.54) is 35.6 Å². The molecule has 0 aliphatic carbocycles. The summed E-state index contributed by atoms with van der Waals surface area (Å²) in [6.45, 7) is 1.35. The number of rotatable bonds is 5. The molecule has 0 spiro atoms. The van der Waals surface area contributed by atoms with Gasteiger partial charge in [-0.05, 0) is 29.8 Å². The monoisotopic (exact) mass is 482 g/mol. The zero-order valence-corrected chi connectivity index (χ0v) is 18.3. The average molecular weight is 483 g/mol. The van der Waals surface area contributed by atoms with E-state index in [1.54, 1.807) is 28.1 Å². The number of ether oxygens (including phenoxy) is 1. The van der Waals surface area contributed by atoms with Crippen LogP contribution in [0.4, 0.5) is 17.6 Å². The molecule has 10 heteroatoms. The summed E-state index contributed by atoms with van der Waals surface area (Å²) in [5.74, 6) is 1.32. The lowest BCUT2D eigenvalue weighted by atomic mass is 10.1. The number of hydrogen-bond acceptors (Lipinski definition) is 5. The van der Waals surface area contributed by atoms with Crippen LogP contribution in [0.15, 0.2) is 47.8 Å². The number of carbonyl (C=O) groups is 1. The lowest BCUT2D eigenvalue weighted by Gasteiger charge is -2.25. The Balaban J connectivity index is 1.41. The fourth-order valence-corrected chi connectivity index (χ4v) is 4.86. The summed E-state index contributed by atoms with van der Waals surface area (Å²) < 4.78 is 58.1. The van der Waals surface area contributed by atoms with Gasteiger partial charge in [0.2, 0.25) is 0 Å². The number of amides is 1. The number of hydrogen-bond donors (Lipinski definition) is 0. The second kappa shape index (κ2) is 9.50. The van der Waals surface area contributed by atoms with Gasteiger partial charge in [-0.3, -0.25) is 4.79 Å². The molecule has 0 bridgehead atoms. The molecule has 32 heavy (non-hydrogen) atoms. The van der Waals surface area contributed by atoms with Crippen LogP contribution in [0.1, 0.15) is 21.6 Å². The van der Waals surface area contributed by atoms with Gasteiger partial charge in [0.15, 0.2) is 0 Å². The molecule has 1 aromatic heterocycles. The molecule has 0 N–H and O–H groups in total. The molecule has 2 heterocycles. The first kappa shape index (κ1) is 22.6. The van der Waals surface area contributed by atoms with Crippen molar-refractivity contribution in [1.82, 2.24) is 9.88 Å². The van der Waals surface area contributed by atoms with E-state index in [9.17, 15) is 22.4 Å². The van der Waals surface area contributed by atoms with Crippen molar-refractivity contribution in [2.24, 2.45) is 0 Å². The van der Waals surface area contributed by atoms with Crippen LogP contribution in [0.25, 0.3) is 10.6 Å². The predicted molar refractivity (Wildman–Crippen MR) is 117 cm³/mol. The van der Waals surface area contributed by atoms with E-state index in [2.05, 4.69) is 4.98 Å². The Morgan fingerprint density at radius 1 is 1.09 bits per heavy atom. The normalized spacial score (nSPS) is 14.4. The zero-order chi connectivity index (χ0) is 22.7. The van der Waals surface area contributed by atoms with Gasteiger partial charge in [0.25, 0.3) is 5.91 Å².